The van der Waals surface area contributed by atoms with Crippen LogP contribution in [0.4, 0.5) is 18.9 Å². The summed E-state index contributed by atoms with van der Waals surface area (Å²) in [5.41, 5.74) is 0.306. The van der Waals surface area contributed by atoms with Crippen molar-refractivity contribution in [3.8, 4) is 0 Å². The van der Waals surface area contributed by atoms with Gasteiger partial charge in [0, 0.05) is 56.6 Å². The van der Waals surface area contributed by atoms with Crippen LogP contribution in [-0.2, 0) is 11.0 Å². The van der Waals surface area contributed by atoms with E-state index in [1.165, 1.54) is 12.1 Å². The fourth-order valence-corrected chi connectivity index (χ4v) is 4.60. The molecule has 2 amide bonds. The number of halogens is 3. The average Bonchev–Trinajstić information content (AvgIpc) is 2.85. The first kappa shape index (κ1) is 24.2. The lowest BCUT2D eigenvalue weighted by Gasteiger charge is -2.39. The molecule has 1 N–H and O–H groups in total. The second-order valence-corrected chi connectivity index (χ2v) is 8.72. The van der Waals surface area contributed by atoms with E-state index < -0.39 is 11.7 Å². The molecule has 0 saturated carbocycles. The number of likely N-dealkylation sites (tertiary alicyclic amines) is 1. The number of carbonyl (C=O) groups is 2. The molecule has 2 aliphatic heterocycles. The summed E-state index contributed by atoms with van der Waals surface area (Å²) in [5.74, 6) is -0.244. The largest absolute Gasteiger partial charge is 0.416 e. The van der Waals surface area contributed by atoms with Crippen molar-refractivity contribution in [3.63, 3.8) is 0 Å². The molecule has 0 spiro atoms. The maximum Gasteiger partial charge on any atom is 0.416 e. The number of benzene rings is 2. The van der Waals surface area contributed by atoms with Gasteiger partial charge in [-0.15, -0.1) is 0 Å². The molecule has 2 saturated heterocycles. The minimum absolute atomic E-state index is 0.0422. The number of hydrogen-bond donors (Lipinski definition) is 1. The van der Waals surface area contributed by atoms with Crippen molar-refractivity contribution >= 4 is 17.5 Å². The smallest absolute Gasteiger partial charge is 0.338 e. The number of nitrogens with zero attached hydrogens (tertiary/aromatic N) is 3. The van der Waals surface area contributed by atoms with E-state index in [-0.39, 0.29) is 23.4 Å². The first-order valence-corrected chi connectivity index (χ1v) is 11.6. The van der Waals surface area contributed by atoms with Crippen molar-refractivity contribution < 1.29 is 22.8 Å². The van der Waals surface area contributed by atoms with Crippen molar-refractivity contribution in [2.75, 3.05) is 50.7 Å². The van der Waals surface area contributed by atoms with E-state index >= 15 is 0 Å². The third kappa shape index (κ3) is 5.77. The Morgan fingerprint density at radius 1 is 0.912 bits per heavy atom. The standard InChI is InChI=1S/C25H29F3N4O2/c26-25(27,28)20-8-6-19(7-9-20)24(34)31-14-10-22(11-15-31)32(21-4-2-1-3-5-21)23(33)18-30-16-12-29-13-17-30/h1-9,22,29H,10-18H2. The molecular weight excluding hydrogens is 445 g/mol. The molecule has 0 bridgehead atoms. The zero-order valence-electron chi connectivity index (χ0n) is 18.9. The summed E-state index contributed by atoms with van der Waals surface area (Å²) in [6.45, 7) is 4.61. The van der Waals surface area contributed by atoms with Gasteiger partial charge in [-0.05, 0) is 49.2 Å². The van der Waals surface area contributed by atoms with Crippen LogP contribution in [0.2, 0.25) is 0 Å². The Morgan fingerprint density at radius 3 is 2.12 bits per heavy atom. The second-order valence-electron chi connectivity index (χ2n) is 8.72. The highest BCUT2D eigenvalue weighted by atomic mass is 19.4. The number of para-hydroxylation sites is 1. The van der Waals surface area contributed by atoms with E-state index in [1.807, 2.05) is 35.2 Å². The number of alkyl halides is 3. The van der Waals surface area contributed by atoms with E-state index in [0.29, 0.717) is 32.5 Å². The molecule has 0 aliphatic carbocycles. The van der Waals surface area contributed by atoms with E-state index in [2.05, 4.69) is 10.2 Å². The number of anilines is 1. The molecule has 4 rings (SSSR count). The first-order chi connectivity index (χ1) is 16.3. The van der Waals surface area contributed by atoms with Crippen LogP contribution in [0.15, 0.2) is 54.6 Å². The molecule has 9 heteroatoms. The molecule has 0 atom stereocenters. The normalized spacial score (nSPS) is 18.0. The Hall–Kier alpha value is -2.91. The summed E-state index contributed by atoms with van der Waals surface area (Å²) in [5, 5.41) is 3.29. The Kier molecular flexibility index (Phi) is 7.53. The van der Waals surface area contributed by atoms with Gasteiger partial charge in [0.25, 0.3) is 5.91 Å². The second kappa shape index (κ2) is 10.6. The minimum Gasteiger partial charge on any atom is -0.338 e. The van der Waals surface area contributed by atoms with Crippen molar-refractivity contribution in [2.45, 2.75) is 25.1 Å². The third-order valence-corrected chi connectivity index (χ3v) is 6.45. The zero-order valence-corrected chi connectivity index (χ0v) is 18.9. The first-order valence-electron chi connectivity index (χ1n) is 11.6. The maximum atomic E-state index is 13.4. The summed E-state index contributed by atoms with van der Waals surface area (Å²) in [6, 6.07) is 13.9. The molecule has 34 heavy (non-hydrogen) atoms. The van der Waals surface area contributed by atoms with Gasteiger partial charge < -0.3 is 15.1 Å². The van der Waals surface area contributed by atoms with Gasteiger partial charge in [-0.1, -0.05) is 18.2 Å². The average molecular weight is 475 g/mol. The Labute approximate surface area is 197 Å². The molecule has 2 heterocycles. The molecule has 2 fully saturated rings. The fourth-order valence-electron chi connectivity index (χ4n) is 4.60. The van der Waals surface area contributed by atoms with E-state index in [1.54, 1.807) is 4.90 Å². The highest BCUT2D eigenvalue weighted by molar-refractivity contribution is 5.96. The lowest BCUT2D eigenvalue weighted by atomic mass is 10.0. The van der Waals surface area contributed by atoms with Crippen LogP contribution in [0.1, 0.15) is 28.8 Å². The maximum absolute atomic E-state index is 13.4. The van der Waals surface area contributed by atoms with E-state index in [0.717, 1.165) is 44.0 Å². The van der Waals surface area contributed by atoms with Crippen LogP contribution >= 0.6 is 0 Å². The highest BCUT2D eigenvalue weighted by Gasteiger charge is 2.33. The predicted molar refractivity (Wildman–Crippen MR) is 124 cm³/mol. The quantitative estimate of drug-likeness (QED) is 0.723. The molecule has 2 aromatic rings. The molecule has 0 unspecified atom stereocenters. The summed E-state index contributed by atoms with van der Waals surface area (Å²) in [7, 11) is 0. The van der Waals surface area contributed by atoms with Gasteiger partial charge in [0.1, 0.15) is 0 Å². The number of hydrogen-bond acceptors (Lipinski definition) is 4. The molecule has 2 aromatic carbocycles. The monoisotopic (exact) mass is 474 g/mol. The lowest BCUT2D eigenvalue weighted by Crippen LogP contribution is -2.53. The number of piperidine rings is 1. The van der Waals surface area contributed by atoms with Crippen molar-refractivity contribution in [2.24, 2.45) is 0 Å². The third-order valence-electron chi connectivity index (χ3n) is 6.45. The van der Waals surface area contributed by atoms with Crippen LogP contribution in [0.25, 0.3) is 0 Å². The van der Waals surface area contributed by atoms with Gasteiger partial charge >= 0.3 is 6.18 Å². The molecule has 0 radical (unpaired) electrons. The summed E-state index contributed by atoms with van der Waals surface area (Å²) in [4.78, 5) is 31.9. The van der Waals surface area contributed by atoms with Crippen molar-refractivity contribution in [3.05, 3.63) is 65.7 Å². The summed E-state index contributed by atoms with van der Waals surface area (Å²) in [6.07, 6.45) is -3.22. The summed E-state index contributed by atoms with van der Waals surface area (Å²) < 4.78 is 38.4. The predicted octanol–water partition coefficient (Wildman–Crippen LogP) is 3.25. The van der Waals surface area contributed by atoms with Gasteiger partial charge in [-0.2, -0.15) is 13.2 Å². The minimum atomic E-state index is -4.43. The zero-order chi connectivity index (χ0) is 24.1. The van der Waals surface area contributed by atoms with Gasteiger partial charge in [0.2, 0.25) is 5.91 Å². The molecule has 2 aliphatic rings. The van der Waals surface area contributed by atoms with Gasteiger partial charge in [-0.25, -0.2) is 0 Å². The van der Waals surface area contributed by atoms with E-state index in [4.69, 9.17) is 0 Å². The number of amides is 2. The lowest BCUT2D eigenvalue weighted by molar-refractivity contribution is -0.137. The van der Waals surface area contributed by atoms with Gasteiger partial charge in [0.15, 0.2) is 0 Å². The SMILES string of the molecule is O=C(c1ccc(C(F)(F)F)cc1)N1CCC(N(C(=O)CN2CCNCC2)c2ccccc2)CC1. The van der Waals surface area contributed by atoms with Gasteiger partial charge in [-0.3, -0.25) is 14.5 Å². The van der Waals surface area contributed by atoms with Crippen molar-refractivity contribution in [1.29, 1.82) is 0 Å². The van der Waals surface area contributed by atoms with Crippen LogP contribution in [0, 0.1) is 0 Å². The Morgan fingerprint density at radius 2 is 1.53 bits per heavy atom. The van der Waals surface area contributed by atoms with Crippen LogP contribution in [0.3, 0.4) is 0 Å². The van der Waals surface area contributed by atoms with Crippen LogP contribution < -0.4 is 10.2 Å². The molecular formula is C25H29F3N4O2. The highest BCUT2D eigenvalue weighted by Crippen LogP contribution is 2.30. The van der Waals surface area contributed by atoms with E-state index in [9.17, 15) is 22.8 Å². The topological polar surface area (TPSA) is 55.9 Å². The number of piperazine rings is 1. The van der Waals surface area contributed by atoms with Crippen LogP contribution in [-0.4, -0.2) is 73.5 Å². The van der Waals surface area contributed by atoms with Crippen LogP contribution in [0.5, 0.6) is 0 Å². The molecule has 6 nitrogen and oxygen atoms in total. The number of carbonyl (C=O) groups excluding carboxylic acids is 2. The molecule has 0 aromatic heterocycles. The van der Waals surface area contributed by atoms with Crippen molar-refractivity contribution in [1.82, 2.24) is 15.1 Å². The fraction of sp³-hybridized carbons (Fsp3) is 0.440. The van der Waals surface area contributed by atoms with Gasteiger partial charge in [0.05, 0.1) is 12.1 Å². The Balaban J connectivity index is 1.42. The summed E-state index contributed by atoms with van der Waals surface area (Å²) >= 11 is 0. The molecule has 182 valence electrons. The number of rotatable bonds is 5. The Bertz CT molecular complexity index is 968. The number of nitrogens with one attached hydrogen (secondary N) is 1.